The second-order valence-corrected chi connectivity index (χ2v) is 7.95. The number of amides is 1. The quantitative estimate of drug-likeness (QED) is 0.290. The molecule has 5 nitrogen and oxygen atoms in total. The molecule has 0 aliphatic rings. The van der Waals surface area contributed by atoms with Crippen molar-refractivity contribution in [2.45, 2.75) is 26.7 Å². The van der Waals surface area contributed by atoms with Crippen molar-refractivity contribution < 1.29 is 9.21 Å². The van der Waals surface area contributed by atoms with Gasteiger partial charge < -0.3 is 4.42 Å². The minimum atomic E-state index is -0.286. The summed E-state index contributed by atoms with van der Waals surface area (Å²) in [6, 6.07) is 19.7. The van der Waals surface area contributed by atoms with Gasteiger partial charge in [0.15, 0.2) is 0 Å². The molecule has 0 saturated carbocycles. The summed E-state index contributed by atoms with van der Waals surface area (Å²) in [6.45, 7) is 6.33. The van der Waals surface area contributed by atoms with Crippen molar-refractivity contribution in [2.24, 2.45) is 5.10 Å². The molecular formula is C27H25N3O2. The summed E-state index contributed by atoms with van der Waals surface area (Å²) < 4.78 is 5.22. The third-order valence-electron chi connectivity index (χ3n) is 5.21. The molecule has 1 amide bonds. The third-order valence-corrected chi connectivity index (χ3v) is 5.21. The first-order chi connectivity index (χ1) is 15.5. The molecule has 0 fully saturated rings. The van der Waals surface area contributed by atoms with E-state index in [4.69, 9.17) is 9.40 Å². The van der Waals surface area contributed by atoms with Crippen LogP contribution in [0.5, 0.6) is 0 Å². The molecule has 1 N–H and O–H groups in total. The number of pyridine rings is 1. The van der Waals surface area contributed by atoms with Gasteiger partial charge in [0.05, 0.1) is 23.0 Å². The minimum absolute atomic E-state index is 0.286. The van der Waals surface area contributed by atoms with E-state index in [0.717, 1.165) is 27.7 Å². The van der Waals surface area contributed by atoms with Crippen molar-refractivity contribution in [2.75, 3.05) is 0 Å². The molecule has 0 aliphatic carbocycles. The summed E-state index contributed by atoms with van der Waals surface area (Å²) in [6.07, 6.45) is 6.58. The number of rotatable bonds is 6. The van der Waals surface area contributed by atoms with Crippen LogP contribution in [0.15, 0.2) is 82.5 Å². The van der Waals surface area contributed by atoms with Crippen molar-refractivity contribution in [3.8, 4) is 11.3 Å². The highest BCUT2D eigenvalue weighted by Crippen LogP contribution is 2.27. The third kappa shape index (κ3) is 4.83. The normalized spacial score (nSPS) is 11.8. The van der Waals surface area contributed by atoms with E-state index in [1.54, 1.807) is 18.4 Å². The molecule has 2 heterocycles. The summed E-state index contributed by atoms with van der Waals surface area (Å²) in [5, 5.41) is 4.83. The Morgan fingerprint density at radius 1 is 1.09 bits per heavy atom. The van der Waals surface area contributed by atoms with Crippen LogP contribution in [0.1, 0.15) is 47.0 Å². The van der Waals surface area contributed by atoms with Gasteiger partial charge in [0.25, 0.3) is 5.91 Å². The van der Waals surface area contributed by atoms with Crippen LogP contribution in [0.4, 0.5) is 0 Å². The van der Waals surface area contributed by atoms with Crippen LogP contribution in [0, 0.1) is 6.92 Å². The molecule has 32 heavy (non-hydrogen) atoms. The number of hydrogen-bond donors (Lipinski definition) is 1. The van der Waals surface area contributed by atoms with Gasteiger partial charge >= 0.3 is 0 Å². The van der Waals surface area contributed by atoms with E-state index in [1.807, 2.05) is 43.3 Å². The molecule has 4 rings (SSSR count). The molecule has 0 aliphatic heterocycles. The molecule has 5 heteroatoms. The maximum absolute atomic E-state index is 13.0. The first-order valence-corrected chi connectivity index (χ1v) is 10.6. The fraction of sp³-hybridized carbons (Fsp3) is 0.148. The zero-order chi connectivity index (χ0) is 22.5. The predicted molar refractivity (Wildman–Crippen MR) is 130 cm³/mol. The number of nitrogens with zero attached hydrogens (tertiary/aromatic N) is 2. The number of benzene rings is 2. The number of carbonyl (C=O) groups is 1. The average Bonchev–Trinajstić information content (AvgIpc) is 3.31. The topological polar surface area (TPSA) is 67.5 Å². The van der Waals surface area contributed by atoms with E-state index in [0.29, 0.717) is 17.2 Å². The molecule has 4 aromatic rings. The number of fused-ring (bicyclic) bond motifs is 1. The van der Waals surface area contributed by atoms with Crippen molar-refractivity contribution in [1.29, 1.82) is 0 Å². The van der Waals surface area contributed by atoms with Crippen LogP contribution in [0.2, 0.25) is 0 Å². The monoisotopic (exact) mass is 423 g/mol. The molecule has 0 atom stereocenters. The van der Waals surface area contributed by atoms with Crippen molar-refractivity contribution in [3.63, 3.8) is 0 Å². The number of hydrazone groups is 1. The van der Waals surface area contributed by atoms with Gasteiger partial charge in [-0.15, -0.1) is 0 Å². The Hall–Kier alpha value is -3.99. The van der Waals surface area contributed by atoms with E-state index in [1.165, 1.54) is 11.8 Å². The van der Waals surface area contributed by atoms with E-state index in [2.05, 4.69) is 48.6 Å². The highest BCUT2D eigenvalue weighted by atomic mass is 16.3. The number of nitrogens with one attached hydrogen (secondary N) is 1. The summed E-state index contributed by atoms with van der Waals surface area (Å²) in [5.41, 5.74) is 7.97. The molecule has 160 valence electrons. The van der Waals surface area contributed by atoms with Crippen LogP contribution in [-0.2, 0) is 0 Å². The number of aromatic nitrogens is 1. The Labute approximate surface area is 187 Å². The standard InChI is InChI=1S/C27H25N3O2/c1-18(2)20-9-11-21(12-10-20)26-17-24(23-16-19(3)8-13-25(23)29-26)27(31)30-28-14-4-6-22-7-5-15-32-22/h4-18H,1-3H3,(H,30,31). The Bertz CT molecular complexity index is 1280. The van der Waals surface area contributed by atoms with Crippen molar-refractivity contribution in [3.05, 3.63) is 95.5 Å². The van der Waals surface area contributed by atoms with E-state index in [9.17, 15) is 4.79 Å². The van der Waals surface area contributed by atoms with Gasteiger partial charge in [0.1, 0.15) is 5.76 Å². The number of furan rings is 1. The van der Waals surface area contributed by atoms with Gasteiger partial charge in [-0.05, 0) is 60.9 Å². The lowest BCUT2D eigenvalue weighted by molar-refractivity contribution is 0.0957. The van der Waals surface area contributed by atoms with Gasteiger partial charge in [-0.2, -0.15) is 5.10 Å². The molecule has 0 spiro atoms. The number of hydrogen-bond acceptors (Lipinski definition) is 4. The maximum Gasteiger partial charge on any atom is 0.272 e. The lowest BCUT2D eigenvalue weighted by Crippen LogP contribution is -2.18. The van der Waals surface area contributed by atoms with Crippen LogP contribution in [-0.4, -0.2) is 17.1 Å². The SMILES string of the molecule is Cc1ccc2nc(-c3ccc(C(C)C)cc3)cc(C(=O)NN=CC=Cc3ccco3)c2c1. The fourth-order valence-electron chi connectivity index (χ4n) is 3.44. The van der Waals surface area contributed by atoms with Gasteiger partial charge in [-0.25, -0.2) is 10.4 Å². The first kappa shape index (κ1) is 21.2. The van der Waals surface area contributed by atoms with Crippen LogP contribution >= 0.6 is 0 Å². The van der Waals surface area contributed by atoms with E-state index >= 15 is 0 Å². The Morgan fingerprint density at radius 3 is 2.62 bits per heavy atom. The maximum atomic E-state index is 13.0. The Kier molecular flexibility index (Phi) is 6.26. The molecular weight excluding hydrogens is 398 g/mol. The van der Waals surface area contributed by atoms with Gasteiger partial charge in [0, 0.05) is 17.2 Å². The summed E-state index contributed by atoms with van der Waals surface area (Å²) in [7, 11) is 0. The van der Waals surface area contributed by atoms with Crippen LogP contribution in [0.25, 0.3) is 28.2 Å². The summed E-state index contributed by atoms with van der Waals surface area (Å²) >= 11 is 0. The van der Waals surface area contributed by atoms with Crippen LogP contribution < -0.4 is 5.43 Å². The molecule has 2 aromatic heterocycles. The summed E-state index contributed by atoms with van der Waals surface area (Å²) in [4.78, 5) is 17.8. The number of allylic oxidation sites excluding steroid dienone is 1. The van der Waals surface area contributed by atoms with Gasteiger partial charge in [-0.1, -0.05) is 49.7 Å². The molecule has 0 unspecified atom stereocenters. The average molecular weight is 424 g/mol. The Balaban J connectivity index is 1.64. The smallest absolute Gasteiger partial charge is 0.272 e. The second-order valence-electron chi connectivity index (χ2n) is 7.95. The van der Waals surface area contributed by atoms with Crippen molar-refractivity contribution in [1.82, 2.24) is 10.4 Å². The van der Waals surface area contributed by atoms with E-state index < -0.39 is 0 Å². The van der Waals surface area contributed by atoms with Crippen molar-refractivity contribution >= 4 is 29.1 Å². The Morgan fingerprint density at radius 2 is 1.91 bits per heavy atom. The molecule has 2 aromatic carbocycles. The number of aryl methyl sites for hydroxylation is 1. The predicted octanol–water partition coefficient (Wildman–Crippen LogP) is 6.36. The largest absolute Gasteiger partial charge is 0.465 e. The van der Waals surface area contributed by atoms with Gasteiger partial charge in [0.2, 0.25) is 0 Å². The number of carbonyl (C=O) groups excluding carboxylic acids is 1. The van der Waals surface area contributed by atoms with Crippen LogP contribution in [0.3, 0.4) is 0 Å². The highest BCUT2D eigenvalue weighted by molar-refractivity contribution is 6.07. The second kappa shape index (κ2) is 9.43. The molecule has 0 radical (unpaired) electrons. The highest BCUT2D eigenvalue weighted by Gasteiger charge is 2.14. The zero-order valence-electron chi connectivity index (χ0n) is 18.4. The lowest BCUT2D eigenvalue weighted by Gasteiger charge is -2.11. The zero-order valence-corrected chi connectivity index (χ0v) is 18.4. The van der Waals surface area contributed by atoms with Gasteiger partial charge in [-0.3, -0.25) is 4.79 Å². The summed E-state index contributed by atoms with van der Waals surface area (Å²) in [5.74, 6) is 0.884. The minimum Gasteiger partial charge on any atom is -0.465 e. The lowest BCUT2D eigenvalue weighted by atomic mass is 9.99. The molecule has 0 saturated heterocycles. The first-order valence-electron chi connectivity index (χ1n) is 10.6. The molecule has 0 bridgehead atoms. The van der Waals surface area contributed by atoms with E-state index in [-0.39, 0.29) is 5.91 Å². The fourth-order valence-corrected chi connectivity index (χ4v) is 3.44.